The predicted molar refractivity (Wildman–Crippen MR) is 194 cm³/mol. The highest BCUT2D eigenvalue weighted by atomic mass is 28.4. The Morgan fingerprint density at radius 1 is 0.837 bits per heavy atom. The molecule has 2 aromatic carbocycles. The molecule has 0 amide bonds. The van der Waals surface area contributed by atoms with Gasteiger partial charge >= 0.3 is 0 Å². The summed E-state index contributed by atoms with van der Waals surface area (Å²) in [5.74, 6) is 0.532. The Kier molecular flexibility index (Phi) is 13.5. The highest BCUT2D eigenvalue weighted by molar-refractivity contribution is 6.99. The third kappa shape index (κ3) is 9.03. The van der Waals surface area contributed by atoms with Crippen molar-refractivity contribution >= 4 is 26.8 Å². The van der Waals surface area contributed by atoms with Crippen LogP contribution in [0.15, 0.2) is 97.1 Å². The van der Waals surface area contributed by atoms with Gasteiger partial charge in [-0.1, -0.05) is 157 Å². The van der Waals surface area contributed by atoms with Gasteiger partial charge in [-0.25, -0.2) is 0 Å². The molecule has 2 nitrogen and oxygen atoms in total. The molecular formula is C39H60O2Si2. The van der Waals surface area contributed by atoms with Gasteiger partial charge in [0.05, 0.1) is 14.2 Å². The Morgan fingerprint density at radius 3 is 1.88 bits per heavy atom. The van der Waals surface area contributed by atoms with E-state index in [2.05, 4.69) is 144 Å². The van der Waals surface area contributed by atoms with Crippen molar-refractivity contribution in [2.75, 3.05) is 6.61 Å². The van der Waals surface area contributed by atoms with Crippen molar-refractivity contribution in [2.45, 2.75) is 121 Å². The van der Waals surface area contributed by atoms with Gasteiger partial charge in [0, 0.05) is 6.61 Å². The fourth-order valence-corrected chi connectivity index (χ4v) is 15.2. The first-order valence-electron chi connectivity index (χ1n) is 16.9. The molecule has 2 aromatic rings. The molecule has 236 valence electrons. The van der Waals surface area contributed by atoms with E-state index in [4.69, 9.17) is 4.43 Å². The van der Waals surface area contributed by atoms with Crippen LogP contribution in [0, 0.1) is 5.92 Å². The molecule has 0 heterocycles. The van der Waals surface area contributed by atoms with Crippen molar-refractivity contribution in [1.29, 1.82) is 0 Å². The molecule has 1 saturated carbocycles. The molecule has 3 unspecified atom stereocenters. The van der Waals surface area contributed by atoms with Crippen LogP contribution in [0.25, 0.3) is 0 Å². The standard InChI is InChI=1S/C39H60O2Si2/c1-8-9-10-11-12-13-14-15-16-17-18-25-30-37(40)39(42(5,6)7)33-34(39)31-32-41-43(38(2,3)4,35-26-21-19-22-27-35)36-28-23-20-24-29-36/h12-13,15-16,18-29,34,37,40H,8-11,14,17,30-33H2,1-7H3. The molecule has 1 aliphatic carbocycles. The molecule has 0 bridgehead atoms. The fraction of sp³-hybridized carbons (Fsp3) is 0.538. The fourth-order valence-electron chi connectivity index (χ4n) is 7.26. The number of unbranched alkanes of at least 4 members (excludes halogenated alkanes) is 3. The van der Waals surface area contributed by atoms with Crippen LogP contribution in [-0.4, -0.2) is 34.2 Å². The zero-order valence-corrected chi connectivity index (χ0v) is 30.3. The average Bonchev–Trinajstić information content (AvgIpc) is 3.72. The molecular weight excluding hydrogens is 557 g/mol. The summed E-state index contributed by atoms with van der Waals surface area (Å²) < 4.78 is 7.23. The molecule has 0 spiro atoms. The third-order valence-corrected chi connectivity index (χ3v) is 18.5. The van der Waals surface area contributed by atoms with Crippen LogP contribution in [0.2, 0.25) is 29.7 Å². The summed E-state index contributed by atoms with van der Waals surface area (Å²) in [6, 6.07) is 21.9. The Bertz CT molecular complexity index is 1120. The van der Waals surface area contributed by atoms with E-state index in [1.165, 1.54) is 36.1 Å². The summed E-state index contributed by atoms with van der Waals surface area (Å²) in [4.78, 5) is 0. The minimum absolute atomic E-state index is 0.0151. The van der Waals surface area contributed by atoms with Crippen molar-refractivity contribution < 1.29 is 9.53 Å². The molecule has 0 saturated heterocycles. The van der Waals surface area contributed by atoms with Crippen molar-refractivity contribution in [2.24, 2.45) is 5.92 Å². The Hall–Kier alpha value is -1.99. The predicted octanol–water partition coefficient (Wildman–Crippen LogP) is 9.83. The highest BCUT2D eigenvalue weighted by Crippen LogP contribution is 2.70. The number of aliphatic hydroxyl groups is 1. The molecule has 43 heavy (non-hydrogen) atoms. The maximum atomic E-state index is 11.6. The Morgan fingerprint density at radius 2 is 1.37 bits per heavy atom. The van der Waals surface area contributed by atoms with Crippen LogP contribution in [0.1, 0.15) is 85.5 Å². The molecule has 1 N–H and O–H groups in total. The average molecular weight is 617 g/mol. The maximum Gasteiger partial charge on any atom is 0.261 e. The lowest BCUT2D eigenvalue weighted by molar-refractivity contribution is 0.148. The lowest BCUT2D eigenvalue weighted by atomic mass is 10.1. The zero-order valence-electron chi connectivity index (χ0n) is 28.3. The second-order valence-electron chi connectivity index (χ2n) is 14.6. The molecule has 1 aliphatic rings. The van der Waals surface area contributed by atoms with Gasteiger partial charge in [0.1, 0.15) is 0 Å². The number of hydrogen-bond donors (Lipinski definition) is 1. The first kappa shape index (κ1) is 35.5. The van der Waals surface area contributed by atoms with Crippen molar-refractivity contribution in [3.63, 3.8) is 0 Å². The van der Waals surface area contributed by atoms with Gasteiger partial charge in [-0.15, -0.1) is 0 Å². The van der Waals surface area contributed by atoms with E-state index in [0.29, 0.717) is 5.92 Å². The minimum atomic E-state index is -2.53. The summed E-state index contributed by atoms with van der Waals surface area (Å²) in [5.41, 5.74) is 0. The van der Waals surface area contributed by atoms with E-state index in [0.717, 1.165) is 38.7 Å². The number of rotatable bonds is 18. The van der Waals surface area contributed by atoms with E-state index < -0.39 is 16.4 Å². The Labute approximate surface area is 266 Å². The van der Waals surface area contributed by atoms with Gasteiger partial charge in [0.15, 0.2) is 0 Å². The SMILES string of the molecule is CCCCCC=CCC=CCC=CCC(O)C1([Si](C)(C)C)CC1CCO[Si](c1ccccc1)(c1ccccc1)C(C)(C)C. The summed E-state index contributed by atoms with van der Waals surface area (Å²) in [5, 5.41) is 14.3. The largest absolute Gasteiger partial charge is 0.407 e. The molecule has 0 radical (unpaired) electrons. The van der Waals surface area contributed by atoms with Crippen LogP contribution < -0.4 is 10.4 Å². The lowest BCUT2D eigenvalue weighted by Crippen LogP contribution is -2.66. The smallest absolute Gasteiger partial charge is 0.261 e. The summed E-state index contributed by atoms with van der Waals surface area (Å²) in [7, 11) is -4.14. The second-order valence-corrected chi connectivity index (χ2v) is 24.4. The van der Waals surface area contributed by atoms with Crippen LogP contribution >= 0.6 is 0 Å². The van der Waals surface area contributed by atoms with E-state index in [1.807, 2.05) is 0 Å². The summed E-state index contributed by atoms with van der Waals surface area (Å²) >= 11 is 0. The molecule has 0 aliphatic heterocycles. The quantitative estimate of drug-likeness (QED) is 0.103. The minimum Gasteiger partial charge on any atom is -0.407 e. The van der Waals surface area contributed by atoms with E-state index in [9.17, 15) is 5.11 Å². The maximum absolute atomic E-state index is 11.6. The number of hydrogen-bond acceptors (Lipinski definition) is 2. The van der Waals surface area contributed by atoms with E-state index >= 15 is 0 Å². The number of aliphatic hydroxyl groups excluding tert-OH is 1. The summed E-state index contributed by atoms with van der Waals surface area (Å²) in [6.07, 6.45) is 23.2. The number of benzene rings is 2. The molecule has 3 rings (SSSR count). The van der Waals surface area contributed by atoms with E-state index in [1.54, 1.807) is 0 Å². The van der Waals surface area contributed by atoms with Gasteiger partial charge in [0.25, 0.3) is 8.32 Å². The zero-order chi connectivity index (χ0) is 31.4. The molecule has 4 heteroatoms. The van der Waals surface area contributed by atoms with Crippen molar-refractivity contribution in [3.8, 4) is 0 Å². The topological polar surface area (TPSA) is 29.5 Å². The van der Waals surface area contributed by atoms with Crippen LogP contribution in [0.3, 0.4) is 0 Å². The van der Waals surface area contributed by atoms with Gasteiger partial charge < -0.3 is 9.53 Å². The summed E-state index contributed by atoms with van der Waals surface area (Å²) in [6.45, 7) is 17.4. The van der Waals surface area contributed by atoms with Gasteiger partial charge in [-0.3, -0.25) is 0 Å². The van der Waals surface area contributed by atoms with E-state index in [-0.39, 0.29) is 16.2 Å². The second kappa shape index (κ2) is 16.4. The first-order chi connectivity index (χ1) is 20.5. The van der Waals surface area contributed by atoms with Gasteiger partial charge in [-0.05, 0) is 71.3 Å². The highest BCUT2D eigenvalue weighted by Gasteiger charge is 2.64. The van der Waals surface area contributed by atoms with Crippen LogP contribution in [0.4, 0.5) is 0 Å². The molecule has 1 fully saturated rings. The van der Waals surface area contributed by atoms with Gasteiger partial charge in [-0.2, -0.15) is 0 Å². The monoisotopic (exact) mass is 616 g/mol. The molecule has 0 aromatic heterocycles. The molecule has 3 atom stereocenters. The first-order valence-corrected chi connectivity index (χ1v) is 22.3. The normalized spacial score (nSPS) is 20.4. The third-order valence-electron chi connectivity index (χ3n) is 9.72. The van der Waals surface area contributed by atoms with Gasteiger partial charge in [0.2, 0.25) is 0 Å². The Balaban J connectivity index is 1.61. The number of allylic oxidation sites excluding steroid dienone is 5. The van der Waals surface area contributed by atoms with Crippen LogP contribution in [0.5, 0.6) is 0 Å². The van der Waals surface area contributed by atoms with Crippen molar-refractivity contribution in [3.05, 3.63) is 97.1 Å². The van der Waals surface area contributed by atoms with Crippen molar-refractivity contribution in [1.82, 2.24) is 0 Å². The lowest BCUT2D eigenvalue weighted by Gasteiger charge is -2.43. The van der Waals surface area contributed by atoms with Crippen LogP contribution in [-0.2, 0) is 4.43 Å².